The maximum Gasteiger partial charge on any atom is 0.0647 e. The molecule has 2 aromatic rings. The van der Waals surface area contributed by atoms with Gasteiger partial charge in [0.25, 0.3) is 0 Å². The molecule has 0 aliphatic heterocycles. The standard InChI is InChI=1S/C15H21N3/c1-15(2,3)12-10-16-18(11-12)14-8-6-13(7-9-14)17(4)5/h6-11H,1-5H3. The van der Waals surface area contributed by atoms with Crippen molar-refractivity contribution in [1.82, 2.24) is 9.78 Å². The zero-order valence-corrected chi connectivity index (χ0v) is 11.8. The zero-order chi connectivity index (χ0) is 13.3. The third-order valence-electron chi connectivity index (χ3n) is 3.08. The topological polar surface area (TPSA) is 21.1 Å². The van der Waals surface area contributed by atoms with Gasteiger partial charge in [0.15, 0.2) is 0 Å². The largest absolute Gasteiger partial charge is 0.378 e. The van der Waals surface area contributed by atoms with Crippen molar-refractivity contribution in [1.29, 1.82) is 0 Å². The molecular formula is C15H21N3. The van der Waals surface area contributed by atoms with E-state index >= 15 is 0 Å². The molecule has 0 unspecified atom stereocenters. The van der Waals surface area contributed by atoms with Crippen molar-refractivity contribution in [2.24, 2.45) is 0 Å². The molecule has 0 saturated carbocycles. The van der Waals surface area contributed by atoms with E-state index in [4.69, 9.17) is 0 Å². The van der Waals surface area contributed by atoms with Gasteiger partial charge in [0.1, 0.15) is 0 Å². The molecule has 0 spiro atoms. The van der Waals surface area contributed by atoms with Gasteiger partial charge in [0.2, 0.25) is 0 Å². The first-order valence-electron chi connectivity index (χ1n) is 6.21. The fourth-order valence-corrected chi connectivity index (χ4v) is 1.75. The van der Waals surface area contributed by atoms with Crippen LogP contribution in [0.15, 0.2) is 36.7 Å². The molecule has 0 amide bonds. The van der Waals surface area contributed by atoms with Crippen molar-refractivity contribution in [2.45, 2.75) is 26.2 Å². The van der Waals surface area contributed by atoms with Crippen molar-refractivity contribution >= 4 is 5.69 Å². The van der Waals surface area contributed by atoms with Crippen molar-refractivity contribution in [3.8, 4) is 5.69 Å². The molecular weight excluding hydrogens is 222 g/mol. The highest BCUT2D eigenvalue weighted by Crippen LogP contribution is 2.23. The second kappa shape index (κ2) is 4.48. The van der Waals surface area contributed by atoms with E-state index in [0.29, 0.717) is 0 Å². The fraction of sp³-hybridized carbons (Fsp3) is 0.400. The molecule has 96 valence electrons. The number of nitrogens with zero attached hydrogens (tertiary/aromatic N) is 3. The molecule has 1 aromatic heterocycles. The minimum Gasteiger partial charge on any atom is -0.378 e. The third kappa shape index (κ3) is 2.55. The van der Waals surface area contributed by atoms with Crippen LogP contribution in [0.5, 0.6) is 0 Å². The number of benzene rings is 1. The maximum absolute atomic E-state index is 4.43. The summed E-state index contributed by atoms with van der Waals surface area (Å²) in [5, 5.41) is 4.43. The molecule has 0 fully saturated rings. The Morgan fingerprint density at radius 1 is 1.06 bits per heavy atom. The summed E-state index contributed by atoms with van der Waals surface area (Å²) in [6.07, 6.45) is 4.05. The lowest BCUT2D eigenvalue weighted by Crippen LogP contribution is -2.09. The van der Waals surface area contributed by atoms with Crippen LogP contribution in [-0.4, -0.2) is 23.9 Å². The van der Waals surface area contributed by atoms with Crippen LogP contribution in [0.3, 0.4) is 0 Å². The summed E-state index contributed by atoms with van der Waals surface area (Å²) in [6, 6.07) is 8.39. The molecule has 0 atom stereocenters. The molecule has 1 aromatic carbocycles. The van der Waals surface area contributed by atoms with Crippen LogP contribution in [0.4, 0.5) is 5.69 Å². The van der Waals surface area contributed by atoms with Crippen LogP contribution in [-0.2, 0) is 5.41 Å². The molecule has 3 nitrogen and oxygen atoms in total. The monoisotopic (exact) mass is 243 g/mol. The van der Waals surface area contributed by atoms with E-state index in [2.05, 4.69) is 61.2 Å². The Morgan fingerprint density at radius 2 is 1.67 bits per heavy atom. The molecule has 0 saturated heterocycles. The van der Waals surface area contributed by atoms with Crippen molar-refractivity contribution in [3.63, 3.8) is 0 Å². The molecule has 0 aliphatic rings. The molecule has 1 heterocycles. The maximum atomic E-state index is 4.43. The second-order valence-corrected chi connectivity index (χ2v) is 5.83. The van der Waals surface area contributed by atoms with Crippen LogP contribution in [0.25, 0.3) is 5.69 Å². The van der Waals surface area contributed by atoms with Crippen LogP contribution in [0.1, 0.15) is 26.3 Å². The van der Waals surface area contributed by atoms with Crippen molar-refractivity contribution in [3.05, 3.63) is 42.2 Å². The van der Waals surface area contributed by atoms with Gasteiger partial charge in [-0.15, -0.1) is 0 Å². The number of rotatable bonds is 2. The van der Waals surface area contributed by atoms with Gasteiger partial charge < -0.3 is 4.90 Å². The Kier molecular flexibility index (Phi) is 3.16. The number of aromatic nitrogens is 2. The minimum absolute atomic E-state index is 0.141. The first-order valence-corrected chi connectivity index (χ1v) is 6.21. The molecule has 0 bridgehead atoms. The summed E-state index contributed by atoms with van der Waals surface area (Å²) in [4.78, 5) is 2.09. The van der Waals surface area contributed by atoms with E-state index in [-0.39, 0.29) is 5.41 Å². The molecule has 3 heteroatoms. The van der Waals surface area contributed by atoms with Gasteiger partial charge >= 0.3 is 0 Å². The van der Waals surface area contributed by atoms with Crippen molar-refractivity contribution in [2.75, 3.05) is 19.0 Å². The third-order valence-corrected chi connectivity index (χ3v) is 3.08. The normalized spacial score (nSPS) is 11.6. The Hall–Kier alpha value is -1.77. The molecule has 0 aliphatic carbocycles. The van der Waals surface area contributed by atoms with E-state index in [1.165, 1.54) is 11.3 Å². The summed E-state index contributed by atoms with van der Waals surface area (Å²) in [7, 11) is 4.08. The molecule has 2 rings (SSSR count). The highest BCUT2D eigenvalue weighted by Gasteiger charge is 2.15. The van der Waals surface area contributed by atoms with Crippen LogP contribution < -0.4 is 4.90 Å². The highest BCUT2D eigenvalue weighted by molar-refractivity contribution is 5.49. The minimum atomic E-state index is 0.141. The van der Waals surface area contributed by atoms with Crippen LogP contribution >= 0.6 is 0 Å². The average molecular weight is 243 g/mol. The lowest BCUT2D eigenvalue weighted by atomic mass is 9.90. The highest BCUT2D eigenvalue weighted by atomic mass is 15.3. The Balaban J connectivity index is 2.29. The van der Waals surface area contributed by atoms with Crippen LogP contribution in [0.2, 0.25) is 0 Å². The SMILES string of the molecule is CN(C)c1ccc(-n2cc(C(C)(C)C)cn2)cc1. The van der Waals surface area contributed by atoms with Gasteiger partial charge in [-0.25, -0.2) is 4.68 Å². The molecule has 18 heavy (non-hydrogen) atoms. The van der Waals surface area contributed by atoms with Gasteiger partial charge in [-0.05, 0) is 35.2 Å². The lowest BCUT2D eigenvalue weighted by Gasteiger charge is -2.15. The van der Waals surface area contributed by atoms with E-state index in [1.807, 2.05) is 25.0 Å². The molecule has 0 radical (unpaired) electrons. The van der Waals surface area contributed by atoms with Gasteiger partial charge in [0, 0.05) is 26.0 Å². The summed E-state index contributed by atoms with van der Waals surface area (Å²) >= 11 is 0. The van der Waals surface area contributed by atoms with Gasteiger partial charge in [-0.2, -0.15) is 5.10 Å². The number of anilines is 1. The van der Waals surface area contributed by atoms with E-state index in [1.54, 1.807) is 0 Å². The lowest BCUT2D eigenvalue weighted by molar-refractivity contribution is 0.590. The molecule has 0 N–H and O–H groups in total. The summed E-state index contributed by atoms with van der Waals surface area (Å²) in [5.41, 5.74) is 3.68. The zero-order valence-electron chi connectivity index (χ0n) is 11.8. The van der Waals surface area contributed by atoms with Gasteiger partial charge in [-0.1, -0.05) is 20.8 Å². The van der Waals surface area contributed by atoms with E-state index in [0.717, 1.165) is 5.69 Å². The van der Waals surface area contributed by atoms with E-state index < -0.39 is 0 Å². The Labute approximate surface area is 109 Å². The van der Waals surface area contributed by atoms with Crippen LogP contribution in [0, 0.1) is 0 Å². The quantitative estimate of drug-likeness (QED) is 0.807. The summed E-state index contributed by atoms with van der Waals surface area (Å²) < 4.78 is 1.93. The first kappa shape index (κ1) is 12.7. The Bertz CT molecular complexity index is 515. The number of hydrogen-bond acceptors (Lipinski definition) is 2. The fourth-order valence-electron chi connectivity index (χ4n) is 1.75. The number of hydrogen-bond donors (Lipinski definition) is 0. The summed E-state index contributed by atoms with van der Waals surface area (Å²) in [5.74, 6) is 0. The first-order chi connectivity index (χ1) is 8.38. The predicted molar refractivity (Wildman–Crippen MR) is 76.6 cm³/mol. The summed E-state index contributed by atoms with van der Waals surface area (Å²) in [6.45, 7) is 6.59. The average Bonchev–Trinajstić information content (AvgIpc) is 2.78. The van der Waals surface area contributed by atoms with Crippen molar-refractivity contribution < 1.29 is 0 Å². The van der Waals surface area contributed by atoms with Gasteiger partial charge in [-0.3, -0.25) is 0 Å². The smallest absolute Gasteiger partial charge is 0.0647 e. The van der Waals surface area contributed by atoms with Gasteiger partial charge in [0.05, 0.1) is 11.9 Å². The second-order valence-electron chi connectivity index (χ2n) is 5.83. The van der Waals surface area contributed by atoms with E-state index in [9.17, 15) is 0 Å². The Morgan fingerprint density at radius 3 is 2.11 bits per heavy atom. The predicted octanol–water partition coefficient (Wildman–Crippen LogP) is 3.24.